The molecule has 0 fully saturated rings. The molecule has 0 aliphatic carbocycles. The van der Waals surface area contributed by atoms with Crippen LogP contribution >= 0.6 is 0 Å². The summed E-state index contributed by atoms with van der Waals surface area (Å²) in [7, 11) is 0. The molecule has 17 heavy (non-hydrogen) atoms. The van der Waals surface area contributed by atoms with Crippen molar-refractivity contribution in [2.45, 2.75) is 91.5 Å². The van der Waals surface area contributed by atoms with Crippen LogP contribution in [-0.2, 0) is 0 Å². The van der Waals surface area contributed by atoms with Crippen LogP contribution in [0.1, 0.15) is 85.5 Å². The maximum atomic E-state index is 3.64. The molecule has 0 amide bonds. The fourth-order valence-corrected chi connectivity index (χ4v) is 2.53. The molecule has 0 aromatic heterocycles. The summed E-state index contributed by atoms with van der Waals surface area (Å²) in [4.78, 5) is 0. The summed E-state index contributed by atoms with van der Waals surface area (Å²) in [5.41, 5.74) is 0. The number of hydrogen-bond acceptors (Lipinski definition) is 1. The maximum Gasteiger partial charge on any atom is 0.00668 e. The van der Waals surface area contributed by atoms with Crippen LogP contribution in [0.25, 0.3) is 0 Å². The molecule has 0 aromatic carbocycles. The van der Waals surface area contributed by atoms with E-state index in [-0.39, 0.29) is 0 Å². The Morgan fingerprint density at radius 1 is 0.824 bits per heavy atom. The SMILES string of the molecule is CCCCCCCCC(CC)C(C)NCCC. The minimum Gasteiger partial charge on any atom is -0.314 e. The van der Waals surface area contributed by atoms with Gasteiger partial charge in [-0.15, -0.1) is 0 Å². The van der Waals surface area contributed by atoms with E-state index in [4.69, 9.17) is 0 Å². The van der Waals surface area contributed by atoms with Crippen molar-refractivity contribution in [2.24, 2.45) is 5.92 Å². The highest BCUT2D eigenvalue weighted by molar-refractivity contribution is 4.71. The summed E-state index contributed by atoms with van der Waals surface area (Å²) < 4.78 is 0. The number of hydrogen-bond donors (Lipinski definition) is 1. The van der Waals surface area contributed by atoms with E-state index < -0.39 is 0 Å². The van der Waals surface area contributed by atoms with Crippen molar-refractivity contribution < 1.29 is 0 Å². The third-order valence-corrected chi connectivity index (χ3v) is 3.88. The number of nitrogens with one attached hydrogen (secondary N) is 1. The van der Waals surface area contributed by atoms with Crippen molar-refractivity contribution >= 4 is 0 Å². The monoisotopic (exact) mass is 241 g/mol. The highest BCUT2D eigenvalue weighted by Crippen LogP contribution is 2.18. The zero-order valence-corrected chi connectivity index (χ0v) is 12.7. The average Bonchev–Trinajstić information content (AvgIpc) is 2.35. The lowest BCUT2D eigenvalue weighted by Crippen LogP contribution is -2.33. The van der Waals surface area contributed by atoms with E-state index in [0.29, 0.717) is 6.04 Å². The zero-order chi connectivity index (χ0) is 12.9. The van der Waals surface area contributed by atoms with E-state index >= 15 is 0 Å². The van der Waals surface area contributed by atoms with Gasteiger partial charge in [0.15, 0.2) is 0 Å². The Morgan fingerprint density at radius 3 is 2.06 bits per heavy atom. The standard InChI is InChI=1S/C16H35N/c1-5-8-9-10-11-12-13-16(7-3)15(4)17-14-6-2/h15-17H,5-14H2,1-4H3. The molecule has 0 aliphatic heterocycles. The van der Waals surface area contributed by atoms with Crippen LogP contribution in [0.5, 0.6) is 0 Å². The van der Waals surface area contributed by atoms with Crippen molar-refractivity contribution in [2.75, 3.05) is 6.54 Å². The van der Waals surface area contributed by atoms with Crippen molar-refractivity contribution in [1.82, 2.24) is 5.32 Å². The minimum absolute atomic E-state index is 0.704. The molecule has 0 aromatic rings. The van der Waals surface area contributed by atoms with Gasteiger partial charge in [-0.25, -0.2) is 0 Å². The first kappa shape index (κ1) is 17.0. The molecule has 1 nitrogen and oxygen atoms in total. The van der Waals surface area contributed by atoms with Gasteiger partial charge in [-0.05, 0) is 32.2 Å². The van der Waals surface area contributed by atoms with Gasteiger partial charge in [-0.2, -0.15) is 0 Å². The fourth-order valence-electron chi connectivity index (χ4n) is 2.53. The Bertz CT molecular complexity index is 144. The first-order valence-electron chi connectivity index (χ1n) is 7.99. The highest BCUT2D eigenvalue weighted by atomic mass is 14.9. The molecule has 0 saturated carbocycles. The summed E-state index contributed by atoms with van der Waals surface area (Å²) in [5.74, 6) is 0.882. The second kappa shape index (κ2) is 12.4. The molecule has 2 atom stereocenters. The Kier molecular flexibility index (Phi) is 12.4. The number of rotatable bonds is 12. The first-order valence-corrected chi connectivity index (χ1v) is 7.99. The van der Waals surface area contributed by atoms with Crippen LogP contribution < -0.4 is 5.32 Å². The van der Waals surface area contributed by atoms with Crippen molar-refractivity contribution in [3.8, 4) is 0 Å². The van der Waals surface area contributed by atoms with Gasteiger partial charge in [0.2, 0.25) is 0 Å². The molecule has 2 unspecified atom stereocenters. The third-order valence-electron chi connectivity index (χ3n) is 3.88. The Morgan fingerprint density at radius 2 is 1.47 bits per heavy atom. The molecule has 0 bridgehead atoms. The van der Waals surface area contributed by atoms with Gasteiger partial charge in [-0.1, -0.05) is 65.7 Å². The van der Waals surface area contributed by atoms with E-state index in [1.54, 1.807) is 0 Å². The molecule has 0 heterocycles. The third kappa shape index (κ3) is 9.64. The first-order chi connectivity index (χ1) is 8.26. The molecule has 1 N–H and O–H groups in total. The predicted molar refractivity (Wildman–Crippen MR) is 79.5 cm³/mol. The molecule has 0 rings (SSSR count). The van der Waals surface area contributed by atoms with E-state index in [9.17, 15) is 0 Å². The molecule has 0 radical (unpaired) electrons. The highest BCUT2D eigenvalue weighted by Gasteiger charge is 2.13. The fraction of sp³-hybridized carbons (Fsp3) is 1.00. The smallest absolute Gasteiger partial charge is 0.00668 e. The Labute approximate surface area is 110 Å². The van der Waals surface area contributed by atoms with Crippen molar-refractivity contribution in [3.05, 3.63) is 0 Å². The summed E-state index contributed by atoms with van der Waals surface area (Å²) in [6, 6.07) is 0.704. The normalized spacial score (nSPS) is 14.8. The lowest BCUT2D eigenvalue weighted by molar-refractivity contribution is 0.332. The largest absolute Gasteiger partial charge is 0.314 e. The van der Waals surface area contributed by atoms with Gasteiger partial charge < -0.3 is 5.32 Å². The topological polar surface area (TPSA) is 12.0 Å². The predicted octanol–water partition coefficient (Wildman–Crippen LogP) is 5.15. The minimum atomic E-state index is 0.704. The van der Waals surface area contributed by atoms with Crippen molar-refractivity contribution in [1.29, 1.82) is 0 Å². The molecule has 104 valence electrons. The second-order valence-corrected chi connectivity index (χ2v) is 5.47. The van der Waals surface area contributed by atoms with Crippen LogP contribution in [0.15, 0.2) is 0 Å². The van der Waals surface area contributed by atoms with E-state index in [1.165, 1.54) is 64.3 Å². The maximum absolute atomic E-state index is 3.64. The summed E-state index contributed by atoms with van der Waals surface area (Å²) in [6.07, 6.45) is 12.5. The summed E-state index contributed by atoms with van der Waals surface area (Å²) >= 11 is 0. The second-order valence-electron chi connectivity index (χ2n) is 5.47. The lowest BCUT2D eigenvalue weighted by Gasteiger charge is -2.23. The molecule has 0 aliphatic rings. The molecular weight excluding hydrogens is 206 g/mol. The summed E-state index contributed by atoms with van der Waals surface area (Å²) in [6.45, 7) is 10.4. The van der Waals surface area contributed by atoms with Gasteiger partial charge in [0, 0.05) is 6.04 Å². The van der Waals surface area contributed by atoms with Crippen LogP contribution in [0, 0.1) is 5.92 Å². The average molecular weight is 241 g/mol. The lowest BCUT2D eigenvalue weighted by atomic mass is 9.91. The van der Waals surface area contributed by atoms with Gasteiger partial charge in [0.25, 0.3) is 0 Å². The van der Waals surface area contributed by atoms with Gasteiger partial charge in [0.05, 0.1) is 0 Å². The Balaban J connectivity index is 3.52. The zero-order valence-electron chi connectivity index (χ0n) is 12.7. The van der Waals surface area contributed by atoms with E-state index in [1.807, 2.05) is 0 Å². The van der Waals surface area contributed by atoms with Gasteiger partial charge in [-0.3, -0.25) is 0 Å². The van der Waals surface area contributed by atoms with E-state index in [0.717, 1.165) is 5.92 Å². The summed E-state index contributed by atoms with van der Waals surface area (Å²) in [5, 5.41) is 3.64. The van der Waals surface area contributed by atoms with E-state index in [2.05, 4.69) is 33.0 Å². The molecule has 0 spiro atoms. The van der Waals surface area contributed by atoms with Gasteiger partial charge >= 0.3 is 0 Å². The quantitative estimate of drug-likeness (QED) is 0.466. The molecule has 1 heteroatoms. The molecule has 0 saturated heterocycles. The van der Waals surface area contributed by atoms with Crippen LogP contribution in [0.3, 0.4) is 0 Å². The van der Waals surface area contributed by atoms with Crippen LogP contribution in [-0.4, -0.2) is 12.6 Å². The Hall–Kier alpha value is -0.0400. The van der Waals surface area contributed by atoms with Gasteiger partial charge in [0.1, 0.15) is 0 Å². The van der Waals surface area contributed by atoms with Crippen LogP contribution in [0.2, 0.25) is 0 Å². The van der Waals surface area contributed by atoms with Crippen molar-refractivity contribution in [3.63, 3.8) is 0 Å². The van der Waals surface area contributed by atoms with Crippen LogP contribution in [0.4, 0.5) is 0 Å². The molecular formula is C16H35N. The number of unbranched alkanes of at least 4 members (excludes halogenated alkanes) is 5.